The van der Waals surface area contributed by atoms with Gasteiger partial charge in [-0.3, -0.25) is 9.59 Å². The molecule has 0 aromatic rings. The SMILES string of the molecule is CCC1(C)CCN(C(=O)CNC(=O)CN)CC1.Cl. The lowest BCUT2D eigenvalue weighted by atomic mass is 9.78. The van der Waals surface area contributed by atoms with Gasteiger partial charge in [0.2, 0.25) is 11.8 Å². The van der Waals surface area contributed by atoms with E-state index < -0.39 is 0 Å². The third-order valence-corrected chi connectivity index (χ3v) is 3.80. The van der Waals surface area contributed by atoms with Crippen LogP contribution in [0.3, 0.4) is 0 Å². The zero-order chi connectivity index (χ0) is 12.9. The van der Waals surface area contributed by atoms with Crippen LogP contribution in [0, 0.1) is 5.41 Å². The Morgan fingerprint density at radius 1 is 1.33 bits per heavy atom. The predicted molar refractivity (Wildman–Crippen MR) is 73.5 cm³/mol. The molecule has 1 saturated heterocycles. The van der Waals surface area contributed by atoms with E-state index >= 15 is 0 Å². The first-order valence-corrected chi connectivity index (χ1v) is 6.25. The van der Waals surface area contributed by atoms with Crippen LogP contribution >= 0.6 is 12.4 Å². The first-order chi connectivity index (χ1) is 8.00. The lowest BCUT2D eigenvalue weighted by Crippen LogP contribution is -2.46. The Hall–Kier alpha value is -0.810. The molecule has 0 saturated carbocycles. The van der Waals surface area contributed by atoms with E-state index in [-0.39, 0.29) is 37.3 Å². The normalized spacial score (nSPS) is 17.8. The third kappa shape index (κ3) is 4.82. The van der Waals surface area contributed by atoms with Gasteiger partial charge in [0.1, 0.15) is 0 Å². The number of likely N-dealkylation sites (tertiary alicyclic amines) is 1. The molecule has 3 N–H and O–H groups in total. The van der Waals surface area contributed by atoms with Gasteiger partial charge >= 0.3 is 0 Å². The summed E-state index contributed by atoms with van der Waals surface area (Å²) < 4.78 is 0. The number of nitrogens with two attached hydrogens (primary N) is 1. The minimum absolute atomic E-state index is 0. The fraction of sp³-hybridized carbons (Fsp3) is 0.833. The molecule has 6 heteroatoms. The quantitative estimate of drug-likeness (QED) is 0.787. The van der Waals surface area contributed by atoms with Crippen molar-refractivity contribution in [3.8, 4) is 0 Å². The molecule has 18 heavy (non-hydrogen) atoms. The minimum atomic E-state index is -0.284. The van der Waals surface area contributed by atoms with Crippen LogP contribution < -0.4 is 11.1 Å². The number of hydrogen-bond acceptors (Lipinski definition) is 3. The summed E-state index contributed by atoms with van der Waals surface area (Å²) in [6.45, 7) is 6.05. The molecule has 1 aliphatic heterocycles. The number of carbonyl (C=O) groups excluding carboxylic acids is 2. The molecule has 0 aromatic carbocycles. The zero-order valence-electron chi connectivity index (χ0n) is 11.2. The maximum atomic E-state index is 11.8. The topological polar surface area (TPSA) is 75.4 Å². The molecule has 0 unspecified atom stereocenters. The Kier molecular flexibility index (Phi) is 7.25. The van der Waals surface area contributed by atoms with Gasteiger partial charge in [0, 0.05) is 13.1 Å². The summed E-state index contributed by atoms with van der Waals surface area (Å²) in [5, 5.41) is 2.51. The van der Waals surface area contributed by atoms with Crippen LogP contribution in [0.1, 0.15) is 33.1 Å². The highest BCUT2D eigenvalue weighted by Gasteiger charge is 2.30. The Labute approximate surface area is 115 Å². The Bertz CT molecular complexity index is 289. The van der Waals surface area contributed by atoms with Gasteiger partial charge in [-0.15, -0.1) is 12.4 Å². The summed E-state index contributed by atoms with van der Waals surface area (Å²) >= 11 is 0. The van der Waals surface area contributed by atoms with Crippen LogP contribution in [0.2, 0.25) is 0 Å². The van der Waals surface area contributed by atoms with E-state index in [1.807, 2.05) is 4.90 Å². The number of amides is 2. The molecule has 0 bridgehead atoms. The fourth-order valence-electron chi connectivity index (χ4n) is 2.01. The highest BCUT2D eigenvalue weighted by atomic mass is 35.5. The molecule has 0 aromatic heterocycles. The first kappa shape index (κ1) is 17.2. The van der Waals surface area contributed by atoms with Crippen molar-refractivity contribution in [1.29, 1.82) is 0 Å². The lowest BCUT2D eigenvalue weighted by Gasteiger charge is -2.38. The Morgan fingerprint density at radius 2 is 1.89 bits per heavy atom. The van der Waals surface area contributed by atoms with Crippen LogP contribution in [-0.4, -0.2) is 42.9 Å². The Morgan fingerprint density at radius 3 is 2.33 bits per heavy atom. The number of halogens is 1. The van der Waals surface area contributed by atoms with E-state index in [0.29, 0.717) is 5.41 Å². The van der Waals surface area contributed by atoms with Crippen LogP contribution in [0.5, 0.6) is 0 Å². The number of hydrogen-bond donors (Lipinski definition) is 2. The maximum absolute atomic E-state index is 11.8. The van der Waals surface area contributed by atoms with Crippen molar-refractivity contribution < 1.29 is 9.59 Å². The predicted octanol–water partition coefficient (Wildman–Crippen LogP) is 0.522. The molecular formula is C12H24ClN3O2. The Balaban J connectivity index is 0.00000289. The standard InChI is InChI=1S/C12H23N3O2.ClH/c1-3-12(2)4-6-15(7-5-12)11(17)9-14-10(16)8-13;/h3-9,13H2,1-2H3,(H,14,16);1H. The van der Waals surface area contributed by atoms with Gasteiger partial charge in [0.05, 0.1) is 13.1 Å². The molecule has 0 radical (unpaired) electrons. The lowest BCUT2D eigenvalue weighted by molar-refractivity contribution is -0.134. The van der Waals surface area contributed by atoms with Crippen molar-refractivity contribution in [2.75, 3.05) is 26.2 Å². The van der Waals surface area contributed by atoms with Crippen LogP contribution in [0.15, 0.2) is 0 Å². The summed E-state index contributed by atoms with van der Waals surface area (Å²) in [5.41, 5.74) is 5.53. The van der Waals surface area contributed by atoms with E-state index in [9.17, 15) is 9.59 Å². The summed E-state index contributed by atoms with van der Waals surface area (Å²) in [5.74, 6) is -0.293. The monoisotopic (exact) mass is 277 g/mol. The molecule has 1 aliphatic rings. The number of piperidine rings is 1. The van der Waals surface area contributed by atoms with Gasteiger partial charge < -0.3 is 16.0 Å². The van der Waals surface area contributed by atoms with E-state index in [2.05, 4.69) is 19.2 Å². The number of carbonyl (C=O) groups is 2. The first-order valence-electron chi connectivity index (χ1n) is 6.25. The summed E-state index contributed by atoms with van der Waals surface area (Å²) in [6.07, 6.45) is 3.24. The molecule has 0 spiro atoms. The summed E-state index contributed by atoms with van der Waals surface area (Å²) in [4.78, 5) is 24.6. The number of nitrogens with one attached hydrogen (secondary N) is 1. The third-order valence-electron chi connectivity index (χ3n) is 3.80. The molecular weight excluding hydrogens is 254 g/mol. The average molecular weight is 278 g/mol. The van der Waals surface area contributed by atoms with Gasteiger partial charge in [0.25, 0.3) is 0 Å². The van der Waals surface area contributed by atoms with Crippen molar-refractivity contribution in [2.45, 2.75) is 33.1 Å². The van der Waals surface area contributed by atoms with E-state index in [4.69, 9.17) is 5.73 Å². The van der Waals surface area contributed by atoms with Crippen LogP contribution in [0.25, 0.3) is 0 Å². The van der Waals surface area contributed by atoms with Gasteiger partial charge in [-0.2, -0.15) is 0 Å². The highest BCUT2D eigenvalue weighted by molar-refractivity contribution is 5.85. The maximum Gasteiger partial charge on any atom is 0.241 e. The van der Waals surface area contributed by atoms with E-state index in [0.717, 1.165) is 32.4 Å². The van der Waals surface area contributed by atoms with Crippen LogP contribution in [-0.2, 0) is 9.59 Å². The number of nitrogens with zero attached hydrogens (tertiary/aromatic N) is 1. The smallest absolute Gasteiger partial charge is 0.241 e. The van der Waals surface area contributed by atoms with E-state index in [1.165, 1.54) is 0 Å². The summed E-state index contributed by atoms with van der Waals surface area (Å²) in [6, 6.07) is 0. The highest BCUT2D eigenvalue weighted by Crippen LogP contribution is 2.33. The molecule has 0 atom stereocenters. The van der Waals surface area contributed by atoms with Gasteiger partial charge in [-0.1, -0.05) is 20.3 Å². The van der Waals surface area contributed by atoms with Gasteiger partial charge in [-0.05, 0) is 18.3 Å². The molecule has 2 amide bonds. The van der Waals surface area contributed by atoms with Crippen molar-refractivity contribution in [3.63, 3.8) is 0 Å². The largest absolute Gasteiger partial charge is 0.346 e. The molecule has 0 aliphatic carbocycles. The molecule has 1 rings (SSSR count). The molecule has 1 fully saturated rings. The van der Waals surface area contributed by atoms with Gasteiger partial charge in [0.15, 0.2) is 0 Å². The number of rotatable bonds is 4. The molecule has 106 valence electrons. The van der Waals surface area contributed by atoms with Gasteiger partial charge in [-0.25, -0.2) is 0 Å². The van der Waals surface area contributed by atoms with Crippen molar-refractivity contribution in [2.24, 2.45) is 11.1 Å². The van der Waals surface area contributed by atoms with E-state index in [1.54, 1.807) is 0 Å². The minimum Gasteiger partial charge on any atom is -0.346 e. The molecule has 5 nitrogen and oxygen atoms in total. The average Bonchev–Trinajstić information content (AvgIpc) is 2.36. The summed E-state index contributed by atoms with van der Waals surface area (Å²) in [7, 11) is 0. The van der Waals surface area contributed by atoms with Crippen molar-refractivity contribution >= 4 is 24.2 Å². The second-order valence-electron chi connectivity index (χ2n) is 5.03. The second-order valence-corrected chi connectivity index (χ2v) is 5.03. The zero-order valence-corrected chi connectivity index (χ0v) is 12.0. The second kappa shape index (κ2) is 7.59. The van der Waals surface area contributed by atoms with Crippen molar-refractivity contribution in [3.05, 3.63) is 0 Å². The van der Waals surface area contributed by atoms with Crippen molar-refractivity contribution in [1.82, 2.24) is 10.2 Å². The fourth-order valence-corrected chi connectivity index (χ4v) is 2.01. The van der Waals surface area contributed by atoms with Crippen LogP contribution in [0.4, 0.5) is 0 Å². The molecule has 1 heterocycles.